The highest BCUT2D eigenvalue weighted by Gasteiger charge is 2.33. The number of nitro groups is 1. The fourth-order valence-corrected chi connectivity index (χ4v) is 3.54. The van der Waals surface area contributed by atoms with Crippen molar-refractivity contribution in [3.63, 3.8) is 0 Å². The molecular weight excluding hydrogens is 455 g/mol. The normalized spacial score (nSPS) is 12.5. The second-order valence-electron chi connectivity index (χ2n) is 7.49. The smallest absolute Gasteiger partial charge is 0.416 e. The molecule has 4 rings (SSSR count). The van der Waals surface area contributed by atoms with E-state index in [4.69, 9.17) is 9.15 Å². The zero-order valence-electron chi connectivity index (χ0n) is 17.9. The summed E-state index contributed by atoms with van der Waals surface area (Å²) in [6, 6.07) is 11.7. The highest BCUT2D eigenvalue weighted by atomic mass is 19.4. The number of rotatable bonds is 6. The summed E-state index contributed by atoms with van der Waals surface area (Å²) >= 11 is 0. The highest BCUT2D eigenvalue weighted by Crippen LogP contribution is 2.37. The summed E-state index contributed by atoms with van der Waals surface area (Å²) in [4.78, 5) is 23.1. The molecule has 4 aromatic rings. The molecule has 1 amide bonds. The molecule has 0 radical (unpaired) electrons. The molecule has 1 unspecified atom stereocenters. The Morgan fingerprint density at radius 3 is 2.47 bits per heavy atom. The van der Waals surface area contributed by atoms with E-state index in [2.05, 4.69) is 10.6 Å². The van der Waals surface area contributed by atoms with Gasteiger partial charge in [0.1, 0.15) is 28.6 Å². The van der Waals surface area contributed by atoms with E-state index in [1.54, 1.807) is 12.1 Å². The largest absolute Gasteiger partial charge is 0.495 e. The van der Waals surface area contributed by atoms with E-state index in [-0.39, 0.29) is 5.69 Å². The Morgan fingerprint density at radius 2 is 1.79 bits per heavy atom. The van der Waals surface area contributed by atoms with Crippen molar-refractivity contribution >= 4 is 44.9 Å². The summed E-state index contributed by atoms with van der Waals surface area (Å²) < 4.78 is 50.0. The topological polar surface area (TPSA) is 107 Å². The zero-order valence-corrected chi connectivity index (χ0v) is 17.9. The molecule has 0 saturated heterocycles. The van der Waals surface area contributed by atoms with Gasteiger partial charge in [0.25, 0.3) is 5.69 Å². The number of furan rings is 1. The zero-order chi connectivity index (χ0) is 24.6. The van der Waals surface area contributed by atoms with Crippen molar-refractivity contribution in [3.05, 3.63) is 70.3 Å². The van der Waals surface area contributed by atoms with E-state index in [1.807, 2.05) is 24.3 Å². The molecule has 34 heavy (non-hydrogen) atoms. The summed E-state index contributed by atoms with van der Waals surface area (Å²) in [6.45, 7) is 1.42. The molecule has 0 aliphatic rings. The number of halogens is 3. The van der Waals surface area contributed by atoms with Gasteiger partial charge in [0.2, 0.25) is 5.91 Å². The minimum Gasteiger partial charge on any atom is -0.495 e. The molecule has 3 aromatic carbocycles. The first kappa shape index (κ1) is 22.9. The second-order valence-corrected chi connectivity index (χ2v) is 7.49. The number of hydrogen-bond acceptors (Lipinski definition) is 6. The third-order valence-electron chi connectivity index (χ3n) is 5.24. The van der Waals surface area contributed by atoms with E-state index < -0.39 is 34.3 Å². The van der Waals surface area contributed by atoms with Crippen LogP contribution in [0.5, 0.6) is 5.75 Å². The number of para-hydroxylation sites is 1. The van der Waals surface area contributed by atoms with Gasteiger partial charge in [0, 0.05) is 22.9 Å². The Balaban J connectivity index is 1.59. The summed E-state index contributed by atoms with van der Waals surface area (Å²) in [5, 5.41) is 18.2. The number of fused-ring (bicyclic) bond motifs is 3. The highest BCUT2D eigenvalue weighted by molar-refractivity contribution is 6.08. The monoisotopic (exact) mass is 473 g/mol. The number of nitro benzene ring substituents is 1. The third-order valence-corrected chi connectivity index (χ3v) is 5.24. The number of carbonyl (C=O) groups is 1. The maximum atomic E-state index is 12.9. The van der Waals surface area contributed by atoms with E-state index in [0.717, 1.165) is 16.8 Å². The SMILES string of the molecule is COc1cc2c(cc1NC(=O)C(C)Nc1ccc(C(F)(F)F)cc1[N+](=O)[O-])oc1ccccc12. The van der Waals surface area contributed by atoms with Gasteiger partial charge in [-0.25, -0.2) is 0 Å². The van der Waals surface area contributed by atoms with Crippen molar-refractivity contribution in [2.45, 2.75) is 19.1 Å². The first-order valence-corrected chi connectivity index (χ1v) is 10.0. The molecule has 11 heteroatoms. The van der Waals surface area contributed by atoms with Crippen LogP contribution < -0.4 is 15.4 Å². The van der Waals surface area contributed by atoms with Crippen LogP contribution in [0, 0.1) is 10.1 Å². The number of ether oxygens (including phenoxy) is 1. The van der Waals surface area contributed by atoms with Crippen molar-refractivity contribution in [2.24, 2.45) is 0 Å². The molecule has 0 aliphatic carbocycles. The third kappa shape index (κ3) is 4.32. The summed E-state index contributed by atoms with van der Waals surface area (Å²) in [5.41, 5.74) is -0.708. The molecule has 0 aliphatic heterocycles. The number of hydrogen-bond donors (Lipinski definition) is 2. The van der Waals surface area contributed by atoms with Crippen molar-refractivity contribution in [2.75, 3.05) is 17.7 Å². The van der Waals surface area contributed by atoms with Gasteiger partial charge in [-0.05, 0) is 31.2 Å². The minimum atomic E-state index is -4.74. The van der Waals surface area contributed by atoms with Crippen LogP contribution in [0.4, 0.5) is 30.2 Å². The first-order valence-electron chi connectivity index (χ1n) is 10.0. The summed E-state index contributed by atoms with van der Waals surface area (Å²) in [6.07, 6.45) is -4.74. The molecule has 1 heterocycles. The predicted molar refractivity (Wildman–Crippen MR) is 120 cm³/mol. The molecule has 0 spiro atoms. The molecule has 1 atom stereocenters. The number of benzene rings is 3. The predicted octanol–water partition coefficient (Wildman–Crippen LogP) is 5.96. The van der Waals surface area contributed by atoms with E-state index in [9.17, 15) is 28.1 Å². The van der Waals surface area contributed by atoms with Crippen LogP contribution in [0.1, 0.15) is 12.5 Å². The van der Waals surface area contributed by atoms with Crippen LogP contribution in [0.3, 0.4) is 0 Å². The van der Waals surface area contributed by atoms with Crippen LogP contribution in [0.25, 0.3) is 21.9 Å². The molecule has 0 saturated carbocycles. The second kappa shape index (κ2) is 8.58. The van der Waals surface area contributed by atoms with Crippen LogP contribution in [-0.2, 0) is 11.0 Å². The lowest BCUT2D eigenvalue weighted by molar-refractivity contribution is -0.384. The lowest BCUT2D eigenvalue weighted by Gasteiger charge is -2.17. The molecule has 2 N–H and O–H groups in total. The van der Waals surface area contributed by atoms with E-state index in [1.165, 1.54) is 14.0 Å². The first-order chi connectivity index (χ1) is 16.1. The Hall–Kier alpha value is -4.28. The van der Waals surface area contributed by atoms with E-state index >= 15 is 0 Å². The van der Waals surface area contributed by atoms with Crippen LogP contribution in [0.15, 0.2) is 59.0 Å². The Kier molecular flexibility index (Phi) is 5.78. The van der Waals surface area contributed by atoms with Gasteiger partial charge >= 0.3 is 6.18 Å². The van der Waals surface area contributed by atoms with Crippen LogP contribution in [0.2, 0.25) is 0 Å². The number of amides is 1. The number of alkyl halides is 3. The fourth-order valence-electron chi connectivity index (χ4n) is 3.54. The standard InChI is InChI=1S/C23H18F3N3O5/c1-12(27-16-8-7-13(23(24,25)26)9-18(16)29(31)32)22(30)28-17-11-20-15(10-21(17)33-2)14-5-3-4-6-19(14)34-20/h3-12,27H,1-2H3,(H,28,30). The quantitative estimate of drug-likeness (QED) is 0.264. The lowest BCUT2D eigenvalue weighted by atomic mass is 10.1. The lowest BCUT2D eigenvalue weighted by Crippen LogP contribution is -2.32. The van der Waals surface area contributed by atoms with Gasteiger partial charge in [0.05, 0.1) is 23.3 Å². The van der Waals surface area contributed by atoms with Gasteiger partial charge in [-0.2, -0.15) is 13.2 Å². The van der Waals surface area contributed by atoms with Crippen molar-refractivity contribution in [3.8, 4) is 5.75 Å². The van der Waals surface area contributed by atoms with Crippen molar-refractivity contribution in [1.29, 1.82) is 0 Å². The molecular formula is C23H18F3N3O5. The molecule has 176 valence electrons. The number of nitrogens with zero attached hydrogens (tertiary/aromatic N) is 1. The van der Waals surface area contributed by atoms with Gasteiger partial charge in [-0.15, -0.1) is 0 Å². The van der Waals surface area contributed by atoms with E-state index in [0.29, 0.717) is 34.7 Å². The van der Waals surface area contributed by atoms with Crippen molar-refractivity contribution in [1.82, 2.24) is 0 Å². The maximum Gasteiger partial charge on any atom is 0.416 e. The average Bonchev–Trinajstić information content (AvgIpc) is 3.15. The maximum absolute atomic E-state index is 12.9. The number of nitrogens with one attached hydrogen (secondary N) is 2. The van der Waals surface area contributed by atoms with Gasteiger partial charge in [-0.1, -0.05) is 18.2 Å². The van der Waals surface area contributed by atoms with Gasteiger partial charge < -0.3 is 19.8 Å². The molecule has 1 aromatic heterocycles. The van der Waals surface area contributed by atoms with Crippen molar-refractivity contribution < 1.29 is 32.0 Å². The number of carbonyl (C=O) groups excluding carboxylic acids is 1. The minimum absolute atomic E-state index is 0.222. The molecule has 8 nitrogen and oxygen atoms in total. The fraction of sp³-hybridized carbons (Fsp3) is 0.174. The van der Waals surface area contributed by atoms with Crippen LogP contribution >= 0.6 is 0 Å². The Morgan fingerprint density at radius 1 is 1.06 bits per heavy atom. The van der Waals surface area contributed by atoms with Crippen LogP contribution in [-0.4, -0.2) is 24.0 Å². The van der Waals surface area contributed by atoms with Gasteiger partial charge in [-0.3, -0.25) is 14.9 Å². The number of methoxy groups -OCH3 is 1. The molecule has 0 fully saturated rings. The molecule has 0 bridgehead atoms. The number of anilines is 2. The summed E-state index contributed by atoms with van der Waals surface area (Å²) in [7, 11) is 1.44. The summed E-state index contributed by atoms with van der Waals surface area (Å²) in [5.74, 6) is -0.233. The Bertz CT molecular complexity index is 1410. The Labute approximate surface area is 190 Å². The van der Waals surface area contributed by atoms with Gasteiger partial charge in [0.15, 0.2) is 0 Å². The average molecular weight is 473 g/mol.